The summed E-state index contributed by atoms with van der Waals surface area (Å²) < 4.78 is 0. The second-order valence-corrected chi connectivity index (χ2v) is 4.19. The standard InChI is InChI=1S/C10H26N4.4ClH/c1-3-8(11)6-5-7-10(13,14)9(12)4-2;;;;/h8-9H,3-7,11-14H2,1-2H3;4*1H. The minimum atomic E-state index is -0.734. The molecule has 0 saturated heterocycles. The fraction of sp³-hybridized carbons (Fsp3) is 1.00. The van der Waals surface area contributed by atoms with Crippen LogP contribution in [0.1, 0.15) is 46.0 Å². The monoisotopic (exact) mass is 346 g/mol. The highest BCUT2D eigenvalue weighted by atomic mass is 35.5. The molecule has 8 N–H and O–H groups in total. The van der Waals surface area contributed by atoms with Crippen molar-refractivity contribution in [3.63, 3.8) is 0 Å². The smallest absolute Gasteiger partial charge is 0.0792 e. The maximum atomic E-state index is 5.91. The van der Waals surface area contributed by atoms with Crippen molar-refractivity contribution in [2.24, 2.45) is 22.9 Å². The average molecular weight is 348 g/mol. The second-order valence-electron chi connectivity index (χ2n) is 4.19. The first-order valence-electron chi connectivity index (χ1n) is 5.53. The van der Waals surface area contributed by atoms with Crippen LogP contribution in [0.5, 0.6) is 0 Å². The minimum absolute atomic E-state index is 0. The molecule has 0 aliphatic carbocycles. The molecule has 2 atom stereocenters. The molecule has 0 amide bonds. The van der Waals surface area contributed by atoms with Crippen LogP contribution in [0.25, 0.3) is 0 Å². The molecule has 118 valence electrons. The van der Waals surface area contributed by atoms with Gasteiger partial charge in [0.15, 0.2) is 0 Å². The van der Waals surface area contributed by atoms with E-state index in [4.69, 9.17) is 22.9 Å². The number of hydrogen-bond donors (Lipinski definition) is 4. The van der Waals surface area contributed by atoms with Crippen molar-refractivity contribution in [3.8, 4) is 0 Å². The molecule has 0 saturated carbocycles. The SMILES string of the molecule is CCC(N)CCCC(N)(N)C(N)CC.Cl.Cl.Cl.Cl. The van der Waals surface area contributed by atoms with E-state index < -0.39 is 5.66 Å². The maximum absolute atomic E-state index is 5.91. The summed E-state index contributed by atoms with van der Waals surface area (Å²) in [5, 5.41) is 0. The van der Waals surface area contributed by atoms with E-state index in [9.17, 15) is 0 Å². The molecule has 0 radical (unpaired) electrons. The van der Waals surface area contributed by atoms with Gasteiger partial charge in [0.2, 0.25) is 0 Å². The Balaban J connectivity index is -0.000000141. The summed E-state index contributed by atoms with van der Waals surface area (Å²) in [6, 6.07) is 0.143. The third kappa shape index (κ3) is 13.4. The molecule has 0 fully saturated rings. The summed E-state index contributed by atoms with van der Waals surface area (Å²) in [6.45, 7) is 4.08. The van der Waals surface area contributed by atoms with Crippen LogP contribution in [0.3, 0.4) is 0 Å². The lowest BCUT2D eigenvalue weighted by molar-refractivity contribution is 0.309. The molecule has 4 nitrogen and oxygen atoms in total. The maximum Gasteiger partial charge on any atom is 0.0792 e. The van der Waals surface area contributed by atoms with Gasteiger partial charge in [-0.1, -0.05) is 13.8 Å². The van der Waals surface area contributed by atoms with E-state index in [1.807, 2.05) is 6.92 Å². The van der Waals surface area contributed by atoms with Gasteiger partial charge in [-0.2, -0.15) is 0 Å². The zero-order chi connectivity index (χ0) is 11.2. The van der Waals surface area contributed by atoms with Crippen molar-refractivity contribution in [3.05, 3.63) is 0 Å². The molecule has 8 heteroatoms. The Labute approximate surface area is 136 Å². The molecule has 0 aliphatic heterocycles. The van der Waals surface area contributed by atoms with Gasteiger partial charge in [0.05, 0.1) is 5.66 Å². The van der Waals surface area contributed by atoms with Gasteiger partial charge in [0, 0.05) is 12.1 Å². The van der Waals surface area contributed by atoms with Crippen molar-refractivity contribution < 1.29 is 0 Å². The van der Waals surface area contributed by atoms with E-state index in [0.29, 0.717) is 0 Å². The number of nitrogens with two attached hydrogens (primary N) is 4. The third-order valence-corrected chi connectivity index (χ3v) is 2.84. The van der Waals surface area contributed by atoms with Crippen LogP contribution >= 0.6 is 49.6 Å². The quantitative estimate of drug-likeness (QED) is 0.528. The molecular weight excluding hydrogens is 318 g/mol. The van der Waals surface area contributed by atoms with E-state index >= 15 is 0 Å². The highest BCUT2D eigenvalue weighted by molar-refractivity contribution is 5.86. The molecule has 0 aromatic carbocycles. The average Bonchev–Trinajstić information content (AvgIpc) is 2.15. The lowest BCUT2D eigenvalue weighted by Crippen LogP contribution is -2.62. The molecule has 0 aliphatic rings. The van der Waals surface area contributed by atoms with Crippen LogP contribution in [0, 0.1) is 0 Å². The van der Waals surface area contributed by atoms with Crippen LogP contribution in [0.4, 0.5) is 0 Å². The largest absolute Gasteiger partial charge is 0.328 e. The fourth-order valence-corrected chi connectivity index (χ4v) is 1.44. The van der Waals surface area contributed by atoms with E-state index in [1.54, 1.807) is 0 Å². The molecule has 2 unspecified atom stereocenters. The summed E-state index contributed by atoms with van der Waals surface area (Å²) in [4.78, 5) is 0. The Kier molecular flexibility index (Phi) is 28.0. The second kappa shape index (κ2) is 16.1. The van der Waals surface area contributed by atoms with Crippen LogP contribution in [0.2, 0.25) is 0 Å². The summed E-state index contributed by atoms with van der Waals surface area (Å²) in [7, 11) is 0. The van der Waals surface area contributed by atoms with Gasteiger partial charge in [0.25, 0.3) is 0 Å². The van der Waals surface area contributed by atoms with Crippen LogP contribution < -0.4 is 22.9 Å². The molecule has 18 heavy (non-hydrogen) atoms. The van der Waals surface area contributed by atoms with E-state index in [2.05, 4.69) is 6.92 Å². The van der Waals surface area contributed by atoms with Gasteiger partial charge in [-0.15, -0.1) is 49.6 Å². The number of hydrogen-bond acceptors (Lipinski definition) is 4. The fourth-order valence-electron chi connectivity index (χ4n) is 1.44. The highest BCUT2D eigenvalue weighted by Gasteiger charge is 2.25. The molecule has 0 heterocycles. The third-order valence-electron chi connectivity index (χ3n) is 2.84. The van der Waals surface area contributed by atoms with Gasteiger partial charge < -0.3 is 22.9 Å². The summed E-state index contributed by atoms with van der Waals surface area (Å²) in [6.07, 6.45) is 4.49. The molecule has 0 rings (SSSR count). The van der Waals surface area contributed by atoms with Crippen LogP contribution in [0.15, 0.2) is 0 Å². The Morgan fingerprint density at radius 2 is 1.33 bits per heavy atom. The van der Waals surface area contributed by atoms with Gasteiger partial charge >= 0.3 is 0 Å². The molecule has 0 aromatic rings. The highest BCUT2D eigenvalue weighted by Crippen LogP contribution is 2.12. The Morgan fingerprint density at radius 3 is 1.67 bits per heavy atom. The number of halogens is 4. The van der Waals surface area contributed by atoms with E-state index in [-0.39, 0.29) is 61.7 Å². The van der Waals surface area contributed by atoms with Crippen molar-refractivity contribution in [1.82, 2.24) is 0 Å². The van der Waals surface area contributed by atoms with Gasteiger partial charge in [-0.3, -0.25) is 0 Å². The van der Waals surface area contributed by atoms with Crippen molar-refractivity contribution in [2.75, 3.05) is 0 Å². The predicted molar refractivity (Wildman–Crippen MR) is 90.5 cm³/mol. The zero-order valence-electron chi connectivity index (χ0n) is 11.1. The van der Waals surface area contributed by atoms with Crippen LogP contribution in [-0.4, -0.2) is 17.7 Å². The summed E-state index contributed by atoms with van der Waals surface area (Å²) in [5.41, 5.74) is 22.7. The minimum Gasteiger partial charge on any atom is -0.328 e. The lowest BCUT2D eigenvalue weighted by Gasteiger charge is -2.30. The van der Waals surface area contributed by atoms with Gasteiger partial charge in [-0.05, 0) is 32.1 Å². The first-order chi connectivity index (χ1) is 6.44. The topological polar surface area (TPSA) is 104 Å². The van der Waals surface area contributed by atoms with Crippen molar-refractivity contribution in [1.29, 1.82) is 0 Å². The first kappa shape index (κ1) is 31.4. The van der Waals surface area contributed by atoms with Crippen molar-refractivity contribution >= 4 is 49.6 Å². The van der Waals surface area contributed by atoms with Gasteiger partial charge in [0.1, 0.15) is 0 Å². The lowest BCUT2D eigenvalue weighted by atomic mass is 9.93. The number of rotatable bonds is 7. The zero-order valence-corrected chi connectivity index (χ0v) is 14.4. The molecule has 0 aromatic heterocycles. The summed E-state index contributed by atoms with van der Waals surface area (Å²) >= 11 is 0. The van der Waals surface area contributed by atoms with Crippen molar-refractivity contribution in [2.45, 2.75) is 63.7 Å². The Morgan fingerprint density at radius 1 is 0.889 bits per heavy atom. The Bertz CT molecular complexity index is 161. The van der Waals surface area contributed by atoms with E-state index in [1.165, 1.54) is 0 Å². The molecule has 0 bridgehead atoms. The summed E-state index contributed by atoms with van der Waals surface area (Å²) in [5.74, 6) is 0. The molecular formula is C10H30Cl4N4. The Hall–Kier alpha value is 1.00. The van der Waals surface area contributed by atoms with Crippen LogP contribution in [-0.2, 0) is 0 Å². The normalized spacial score (nSPS) is 13.0. The predicted octanol–water partition coefficient (Wildman–Crippen LogP) is 1.93. The first-order valence-corrected chi connectivity index (χ1v) is 5.53. The van der Waals surface area contributed by atoms with E-state index in [0.717, 1.165) is 32.1 Å². The molecule has 0 spiro atoms. The van der Waals surface area contributed by atoms with Gasteiger partial charge in [-0.25, -0.2) is 0 Å².